The molecule has 0 fully saturated rings. The van der Waals surface area contributed by atoms with E-state index in [0.29, 0.717) is 23.9 Å². The van der Waals surface area contributed by atoms with Gasteiger partial charge in [0, 0.05) is 12.8 Å². The molecule has 0 spiro atoms. The highest BCUT2D eigenvalue weighted by atomic mass is 31.2. The first-order chi connectivity index (χ1) is 26.0. The lowest BCUT2D eigenvalue weighted by Crippen LogP contribution is -2.37. The predicted octanol–water partition coefficient (Wildman–Crippen LogP) is 11.9. The quantitative estimate of drug-likeness (QED) is 0.0217. The first kappa shape index (κ1) is 52.0. The van der Waals surface area contributed by atoms with Crippen LogP contribution in [0.5, 0.6) is 0 Å². The van der Waals surface area contributed by atoms with E-state index in [-0.39, 0.29) is 32.0 Å². The van der Waals surface area contributed by atoms with Crippen molar-refractivity contribution in [3.05, 3.63) is 48.6 Å². The molecule has 0 amide bonds. The van der Waals surface area contributed by atoms with E-state index in [1.54, 1.807) is 0 Å². The standard InChI is InChI=1S/C44H80NO8P/c1-6-8-10-12-14-16-18-20-21-22-23-25-27-29-31-33-35-37-44(47)53-42(41-52-54(48,49)51-39-38-45(3,4)5)40-50-43(46)36-34-32-30-28-26-24-19-17-15-13-11-9-7-2/h14,16,20-21,23,25,29,31,42H,6-13,15,17-19,22,24,26-28,30,32-41H2,1-5H3/p+1/b16-14+,21-20+,25-23-,31-29-/t42-/m1/s1. The van der Waals surface area contributed by atoms with Crippen LogP contribution in [0.2, 0.25) is 0 Å². The van der Waals surface area contributed by atoms with Crippen LogP contribution in [0.15, 0.2) is 48.6 Å². The van der Waals surface area contributed by atoms with E-state index in [9.17, 15) is 19.0 Å². The van der Waals surface area contributed by atoms with Gasteiger partial charge in [-0.3, -0.25) is 18.6 Å². The van der Waals surface area contributed by atoms with Gasteiger partial charge in [0.25, 0.3) is 0 Å². The summed E-state index contributed by atoms with van der Waals surface area (Å²) in [4.78, 5) is 35.3. The lowest BCUT2D eigenvalue weighted by molar-refractivity contribution is -0.870. The van der Waals surface area contributed by atoms with E-state index in [4.69, 9.17) is 18.5 Å². The predicted molar refractivity (Wildman–Crippen MR) is 224 cm³/mol. The number of carbonyl (C=O) groups is 2. The van der Waals surface area contributed by atoms with E-state index in [2.05, 4.69) is 56.4 Å². The van der Waals surface area contributed by atoms with E-state index >= 15 is 0 Å². The number of allylic oxidation sites excluding steroid dienone is 8. The fourth-order valence-corrected chi connectivity index (χ4v) is 6.22. The Balaban J connectivity index is 4.49. The van der Waals surface area contributed by atoms with Crippen LogP contribution in [-0.4, -0.2) is 74.9 Å². The third kappa shape index (κ3) is 39.7. The van der Waals surface area contributed by atoms with Crippen molar-refractivity contribution in [2.24, 2.45) is 0 Å². The number of quaternary nitrogens is 1. The van der Waals surface area contributed by atoms with Gasteiger partial charge in [-0.2, -0.15) is 0 Å². The summed E-state index contributed by atoms with van der Waals surface area (Å²) in [5.74, 6) is -0.864. The van der Waals surface area contributed by atoms with Crippen LogP contribution in [0.25, 0.3) is 0 Å². The molecule has 2 atom stereocenters. The molecule has 314 valence electrons. The zero-order valence-electron chi connectivity index (χ0n) is 35.2. The molecule has 0 rings (SSSR count). The number of hydrogen-bond acceptors (Lipinski definition) is 7. The van der Waals surface area contributed by atoms with Gasteiger partial charge < -0.3 is 18.9 Å². The second-order valence-electron chi connectivity index (χ2n) is 15.4. The highest BCUT2D eigenvalue weighted by Gasteiger charge is 2.27. The first-order valence-electron chi connectivity index (χ1n) is 21.4. The second kappa shape index (κ2) is 36.6. The van der Waals surface area contributed by atoms with E-state index in [0.717, 1.165) is 38.5 Å². The number of rotatable bonds is 38. The molecule has 0 saturated heterocycles. The minimum absolute atomic E-state index is 0.0212. The van der Waals surface area contributed by atoms with Crippen LogP contribution in [0.1, 0.15) is 168 Å². The molecule has 0 aromatic carbocycles. The van der Waals surface area contributed by atoms with Crippen LogP contribution >= 0.6 is 7.82 Å². The Hall–Kier alpha value is -2.03. The Morgan fingerprint density at radius 2 is 1.02 bits per heavy atom. The number of ether oxygens (including phenoxy) is 2. The summed E-state index contributed by atoms with van der Waals surface area (Å²) in [5.41, 5.74) is 0. The molecule has 0 radical (unpaired) electrons. The van der Waals surface area contributed by atoms with Crippen LogP contribution in [0.3, 0.4) is 0 Å². The highest BCUT2D eigenvalue weighted by molar-refractivity contribution is 7.47. The van der Waals surface area contributed by atoms with Crippen LogP contribution in [-0.2, 0) is 32.7 Å². The molecule has 0 aliphatic carbocycles. The smallest absolute Gasteiger partial charge is 0.462 e. The molecule has 0 bridgehead atoms. The Kier molecular flexibility index (Phi) is 35.2. The highest BCUT2D eigenvalue weighted by Crippen LogP contribution is 2.43. The van der Waals surface area contributed by atoms with Crippen molar-refractivity contribution < 1.29 is 42.1 Å². The lowest BCUT2D eigenvalue weighted by Gasteiger charge is -2.24. The number of hydrogen-bond donors (Lipinski definition) is 1. The molecule has 0 aliphatic rings. The number of phosphoric ester groups is 1. The lowest BCUT2D eigenvalue weighted by atomic mass is 10.0. The van der Waals surface area contributed by atoms with Crippen molar-refractivity contribution in [2.45, 2.75) is 174 Å². The molecular weight excluding hydrogens is 701 g/mol. The number of phosphoric acid groups is 1. The maximum absolute atomic E-state index is 12.6. The Labute approximate surface area is 331 Å². The maximum Gasteiger partial charge on any atom is 0.472 e. The zero-order chi connectivity index (χ0) is 40.0. The van der Waals surface area contributed by atoms with E-state index in [1.165, 1.54) is 89.9 Å². The molecule has 54 heavy (non-hydrogen) atoms. The van der Waals surface area contributed by atoms with Gasteiger partial charge in [-0.05, 0) is 51.4 Å². The number of likely N-dealkylation sites (N-methyl/N-ethyl adjacent to an activating group) is 1. The van der Waals surface area contributed by atoms with Crippen molar-refractivity contribution >= 4 is 19.8 Å². The molecule has 0 aromatic heterocycles. The Bertz CT molecular complexity index is 1070. The normalized spacial score (nSPS) is 14.1. The minimum Gasteiger partial charge on any atom is -0.462 e. The monoisotopic (exact) mass is 783 g/mol. The maximum atomic E-state index is 12.6. The molecule has 0 aromatic rings. The van der Waals surface area contributed by atoms with Gasteiger partial charge in [0.1, 0.15) is 19.8 Å². The molecular formula is C44H81NO8P+. The molecule has 0 saturated carbocycles. The number of carbonyl (C=O) groups excluding carboxylic acids is 2. The number of nitrogens with zero attached hydrogens (tertiary/aromatic N) is 1. The van der Waals surface area contributed by atoms with Crippen LogP contribution < -0.4 is 0 Å². The molecule has 9 nitrogen and oxygen atoms in total. The molecule has 10 heteroatoms. The van der Waals surface area contributed by atoms with Crippen molar-refractivity contribution in [3.8, 4) is 0 Å². The topological polar surface area (TPSA) is 108 Å². The zero-order valence-corrected chi connectivity index (χ0v) is 36.1. The third-order valence-corrected chi connectivity index (χ3v) is 9.85. The van der Waals surface area contributed by atoms with Crippen molar-refractivity contribution in [3.63, 3.8) is 0 Å². The molecule has 1 N–H and O–H groups in total. The van der Waals surface area contributed by atoms with E-state index in [1.807, 2.05) is 27.2 Å². The van der Waals surface area contributed by atoms with Gasteiger partial charge in [-0.15, -0.1) is 0 Å². The summed E-state index contributed by atoms with van der Waals surface area (Å²) in [6.45, 7) is 4.32. The van der Waals surface area contributed by atoms with Gasteiger partial charge in [-0.25, -0.2) is 4.57 Å². The third-order valence-electron chi connectivity index (χ3n) is 8.86. The average molecular weight is 783 g/mol. The van der Waals surface area contributed by atoms with Crippen molar-refractivity contribution in [1.29, 1.82) is 0 Å². The molecule has 0 aliphatic heterocycles. The van der Waals surface area contributed by atoms with E-state index < -0.39 is 26.5 Å². The Morgan fingerprint density at radius 3 is 1.54 bits per heavy atom. The SMILES string of the molecule is CCCCC/C=C/C/C=C/C/C=C\C/C=C\CCCC(=O)O[C@H](COC(=O)CCCCCCCCCCCCCCC)COP(=O)(O)OCC[N+](C)(C)C. The fourth-order valence-electron chi connectivity index (χ4n) is 5.48. The number of esters is 2. The van der Waals surface area contributed by atoms with Gasteiger partial charge in [-0.1, -0.05) is 152 Å². The van der Waals surface area contributed by atoms with Crippen LogP contribution in [0, 0.1) is 0 Å². The van der Waals surface area contributed by atoms with Crippen molar-refractivity contribution in [1.82, 2.24) is 0 Å². The van der Waals surface area contributed by atoms with Gasteiger partial charge in [0.15, 0.2) is 6.10 Å². The molecule has 1 unspecified atom stereocenters. The van der Waals surface area contributed by atoms with Gasteiger partial charge in [0.2, 0.25) is 0 Å². The first-order valence-corrected chi connectivity index (χ1v) is 22.9. The largest absolute Gasteiger partial charge is 0.472 e. The second-order valence-corrected chi connectivity index (χ2v) is 16.8. The summed E-state index contributed by atoms with van der Waals surface area (Å²) in [6, 6.07) is 0. The average Bonchev–Trinajstić information content (AvgIpc) is 3.12. The van der Waals surface area contributed by atoms with Gasteiger partial charge >= 0.3 is 19.8 Å². The summed E-state index contributed by atoms with van der Waals surface area (Å²) in [5, 5.41) is 0. The summed E-state index contributed by atoms with van der Waals surface area (Å²) >= 11 is 0. The summed E-state index contributed by atoms with van der Waals surface area (Å²) in [7, 11) is 1.44. The summed E-state index contributed by atoms with van der Waals surface area (Å²) in [6.07, 6.45) is 41.6. The number of unbranched alkanes of at least 4 members (excludes halogenated alkanes) is 16. The fraction of sp³-hybridized carbons (Fsp3) is 0.773. The minimum atomic E-state index is -4.39. The Morgan fingerprint density at radius 1 is 0.574 bits per heavy atom. The molecule has 0 heterocycles. The van der Waals surface area contributed by atoms with Gasteiger partial charge in [0.05, 0.1) is 27.7 Å². The summed E-state index contributed by atoms with van der Waals surface area (Å²) < 4.78 is 34.2. The van der Waals surface area contributed by atoms with Crippen molar-refractivity contribution in [2.75, 3.05) is 47.5 Å². The van der Waals surface area contributed by atoms with Crippen LogP contribution in [0.4, 0.5) is 0 Å².